The van der Waals surface area contributed by atoms with Gasteiger partial charge in [-0.2, -0.15) is 0 Å². The summed E-state index contributed by atoms with van der Waals surface area (Å²) in [7, 11) is 0. The van der Waals surface area contributed by atoms with Gasteiger partial charge in [0.1, 0.15) is 0 Å². The molecular weight excluding hydrogens is 154 g/mol. The van der Waals surface area contributed by atoms with Gasteiger partial charge in [0.25, 0.3) is 0 Å². The quantitative estimate of drug-likeness (QED) is 0.590. The SMILES string of the molecule is C[C@H]1CNC[C@H]1C(=O)O.Cl. The van der Waals surface area contributed by atoms with Crippen molar-refractivity contribution in [1.82, 2.24) is 5.32 Å². The molecule has 0 saturated carbocycles. The lowest BCUT2D eigenvalue weighted by molar-refractivity contribution is -0.142. The van der Waals surface area contributed by atoms with Gasteiger partial charge in [0, 0.05) is 6.54 Å². The first-order valence-corrected chi connectivity index (χ1v) is 3.15. The van der Waals surface area contributed by atoms with Crippen molar-refractivity contribution < 1.29 is 9.90 Å². The molecule has 0 aromatic carbocycles. The average molecular weight is 166 g/mol. The molecular formula is C6H12ClNO2. The van der Waals surface area contributed by atoms with Gasteiger partial charge < -0.3 is 10.4 Å². The van der Waals surface area contributed by atoms with Crippen molar-refractivity contribution in [3.63, 3.8) is 0 Å². The molecule has 0 aliphatic carbocycles. The topological polar surface area (TPSA) is 49.3 Å². The Labute approximate surface area is 66.2 Å². The monoisotopic (exact) mass is 165 g/mol. The highest BCUT2D eigenvalue weighted by molar-refractivity contribution is 5.85. The van der Waals surface area contributed by atoms with Crippen molar-refractivity contribution in [3.8, 4) is 0 Å². The summed E-state index contributed by atoms with van der Waals surface area (Å²) in [6, 6.07) is 0. The Morgan fingerprint density at radius 3 is 2.40 bits per heavy atom. The van der Waals surface area contributed by atoms with Gasteiger partial charge in [-0.05, 0) is 12.5 Å². The number of carbonyl (C=O) groups is 1. The third kappa shape index (κ3) is 1.85. The zero-order valence-corrected chi connectivity index (χ0v) is 6.65. The van der Waals surface area contributed by atoms with Crippen LogP contribution in [0.4, 0.5) is 0 Å². The second kappa shape index (κ2) is 3.78. The molecule has 60 valence electrons. The van der Waals surface area contributed by atoms with Crippen LogP contribution in [0.25, 0.3) is 0 Å². The highest BCUT2D eigenvalue weighted by Crippen LogP contribution is 2.14. The maximum absolute atomic E-state index is 10.4. The van der Waals surface area contributed by atoms with E-state index >= 15 is 0 Å². The van der Waals surface area contributed by atoms with E-state index in [4.69, 9.17) is 5.11 Å². The fourth-order valence-corrected chi connectivity index (χ4v) is 1.14. The van der Waals surface area contributed by atoms with E-state index in [-0.39, 0.29) is 18.3 Å². The van der Waals surface area contributed by atoms with Crippen LogP contribution >= 0.6 is 12.4 Å². The Bertz CT molecular complexity index is 129. The second-order valence-electron chi connectivity index (χ2n) is 2.58. The Kier molecular flexibility index (Phi) is 3.68. The lowest BCUT2D eigenvalue weighted by atomic mass is 9.99. The summed E-state index contributed by atoms with van der Waals surface area (Å²) in [5.41, 5.74) is 0. The number of aliphatic carboxylic acids is 1. The summed E-state index contributed by atoms with van der Waals surface area (Å²) in [6.45, 7) is 3.44. The average Bonchev–Trinajstić information content (AvgIpc) is 2.13. The van der Waals surface area contributed by atoms with Crippen molar-refractivity contribution in [3.05, 3.63) is 0 Å². The Morgan fingerprint density at radius 2 is 2.20 bits per heavy atom. The highest BCUT2D eigenvalue weighted by atomic mass is 35.5. The predicted molar refractivity (Wildman–Crippen MR) is 40.4 cm³/mol. The van der Waals surface area contributed by atoms with Crippen LogP contribution in [-0.2, 0) is 4.79 Å². The van der Waals surface area contributed by atoms with Gasteiger partial charge in [-0.15, -0.1) is 12.4 Å². The van der Waals surface area contributed by atoms with Crippen molar-refractivity contribution in [2.24, 2.45) is 11.8 Å². The third-order valence-electron chi connectivity index (χ3n) is 1.83. The van der Waals surface area contributed by atoms with E-state index in [1.165, 1.54) is 0 Å². The van der Waals surface area contributed by atoms with Gasteiger partial charge >= 0.3 is 5.97 Å². The fraction of sp³-hybridized carbons (Fsp3) is 0.833. The minimum atomic E-state index is -0.674. The molecule has 0 amide bonds. The molecule has 3 nitrogen and oxygen atoms in total. The van der Waals surface area contributed by atoms with Gasteiger partial charge in [0.2, 0.25) is 0 Å². The fourth-order valence-electron chi connectivity index (χ4n) is 1.14. The van der Waals surface area contributed by atoms with Crippen molar-refractivity contribution in [2.45, 2.75) is 6.92 Å². The van der Waals surface area contributed by atoms with E-state index in [2.05, 4.69) is 5.32 Å². The predicted octanol–water partition coefficient (Wildman–Crippen LogP) is 0.348. The molecule has 4 heteroatoms. The zero-order valence-electron chi connectivity index (χ0n) is 5.83. The second-order valence-corrected chi connectivity index (χ2v) is 2.58. The molecule has 0 spiro atoms. The number of hydrogen-bond donors (Lipinski definition) is 2. The molecule has 1 fully saturated rings. The van der Waals surface area contributed by atoms with E-state index in [0.717, 1.165) is 6.54 Å². The molecule has 1 rings (SSSR count). The standard InChI is InChI=1S/C6H11NO2.ClH/c1-4-2-7-3-5(4)6(8)9;/h4-5,7H,2-3H2,1H3,(H,8,9);1H/t4-,5+;/m0./s1. The number of nitrogens with one attached hydrogen (secondary N) is 1. The molecule has 1 aliphatic rings. The molecule has 2 atom stereocenters. The lowest BCUT2D eigenvalue weighted by Gasteiger charge is -2.05. The summed E-state index contributed by atoms with van der Waals surface area (Å²) in [4.78, 5) is 10.4. The molecule has 1 saturated heterocycles. The summed E-state index contributed by atoms with van der Waals surface area (Å²) in [6.07, 6.45) is 0. The highest BCUT2D eigenvalue weighted by Gasteiger charge is 2.28. The minimum absolute atomic E-state index is 0. The molecule has 0 aromatic heterocycles. The molecule has 0 radical (unpaired) electrons. The number of rotatable bonds is 1. The first-order valence-electron chi connectivity index (χ1n) is 3.15. The summed E-state index contributed by atoms with van der Waals surface area (Å²) < 4.78 is 0. The summed E-state index contributed by atoms with van der Waals surface area (Å²) >= 11 is 0. The van der Waals surface area contributed by atoms with Gasteiger partial charge in [-0.3, -0.25) is 4.79 Å². The first-order chi connectivity index (χ1) is 4.22. The molecule has 0 unspecified atom stereocenters. The summed E-state index contributed by atoms with van der Waals surface area (Å²) in [5.74, 6) is -0.542. The molecule has 1 heterocycles. The van der Waals surface area contributed by atoms with Crippen molar-refractivity contribution >= 4 is 18.4 Å². The van der Waals surface area contributed by atoms with Crippen molar-refractivity contribution in [1.29, 1.82) is 0 Å². The van der Waals surface area contributed by atoms with E-state index in [9.17, 15) is 4.79 Å². The van der Waals surface area contributed by atoms with Crippen LogP contribution in [0.1, 0.15) is 6.92 Å². The van der Waals surface area contributed by atoms with Crippen LogP contribution < -0.4 is 5.32 Å². The van der Waals surface area contributed by atoms with Gasteiger partial charge in [-0.25, -0.2) is 0 Å². The molecule has 0 aromatic rings. The van der Waals surface area contributed by atoms with Crippen LogP contribution in [0, 0.1) is 11.8 Å². The van der Waals surface area contributed by atoms with E-state index in [1.807, 2.05) is 6.92 Å². The Balaban J connectivity index is 0.000000810. The van der Waals surface area contributed by atoms with Gasteiger partial charge in [0.05, 0.1) is 5.92 Å². The number of halogens is 1. The van der Waals surface area contributed by atoms with E-state index < -0.39 is 5.97 Å². The van der Waals surface area contributed by atoms with Crippen LogP contribution in [0.5, 0.6) is 0 Å². The number of carboxylic acids is 1. The minimum Gasteiger partial charge on any atom is -0.481 e. The lowest BCUT2D eigenvalue weighted by Crippen LogP contribution is -2.20. The first kappa shape index (κ1) is 9.72. The molecule has 1 aliphatic heterocycles. The third-order valence-corrected chi connectivity index (χ3v) is 1.83. The normalized spacial score (nSPS) is 31.3. The smallest absolute Gasteiger partial charge is 0.308 e. The van der Waals surface area contributed by atoms with Gasteiger partial charge in [-0.1, -0.05) is 6.92 Å². The number of carboxylic acid groups (broad SMARTS) is 1. The van der Waals surface area contributed by atoms with Crippen LogP contribution in [0.2, 0.25) is 0 Å². The Hall–Kier alpha value is -0.280. The molecule has 2 N–H and O–H groups in total. The summed E-state index contributed by atoms with van der Waals surface area (Å²) in [5, 5.41) is 11.6. The van der Waals surface area contributed by atoms with Crippen LogP contribution in [0.15, 0.2) is 0 Å². The van der Waals surface area contributed by atoms with E-state index in [0.29, 0.717) is 12.5 Å². The number of hydrogen-bond acceptors (Lipinski definition) is 2. The Morgan fingerprint density at radius 1 is 1.60 bits per heavy atom. The van der Waals surface area contributed by atoms with Crippen molar-refractivity contribution in [2.75, 3.05) is 13.1 Å². The maximum Gasteiger partial charge on any atom is 0.308 e. The van der Waals surface area contributed by atoms with Gasteiger partial charge in [0.15, 0.2) is 0 Å². The maximum atomic E-state index is 10.4. The van der Waals surface area contributed by atoms with Crippen LogP contribution in [0.3, 0.4) is 0 Å². The van der Waals surface area contributed by atoms with Crippen LogP contribution in [-0.4, -0.2) is 24.2 Å². The largest absolute Gasteiger partial charge is 0.481 e. The molecule has 10 heavy (non-hydrogen) atoms. The molecule has 0 bridgehead atoms. The van der Waals surface area contributed by atoms with E-state index in [1.54, 1.807) is 0 Å². The zero-order chi connectivity index (χ0) is 6.85.